The van der Waals surface area contributed by atoms with Gasteiger partial charge in [0.15, 0.2) is 11.5 Å². The molecule has 8 nitrogen and oxygen atoms in total. The van der Waals surface area contributed by atoms with E-state index in [1.165, 1.54) is 0 Å². The van der Waals surface area contributed by atoms with Crippen LogP contribution in [0, 0.1) is 0 Å². The molecule has 0 unspecified atom stereocenters. The zero-order valence-electron chi connectivity index (χ0n) is 19.4. The molecule has 0 bridgehead atoms. The number of sulfonamides is 1. The lowest BCUT2D eigenvalue weighted by Crippen LogP contribution is -2.12. The van der Waals surface area contributed by atoms with E-state index in [-0.39, 0.29) is 4.90 Å². The lowest BCUT2D eigenvalue weighted by Gasteiger charge is -2.10. The van der Waals surface area contributed by atoms with Crippen LogP contribution in [0.3, 0.4) is 0 Å². The van der Waals surface area contributed by atoms with Crippen molar-refractivity contribution in [2.45, 2.75) is 4.90 Å². The standard InChI is InChI=1S/C28H20N6O2S/c35-37(36,25-13-11-21(12-14-25)20-6-2-1-3-7-20)33-24-10-4-8-22(18-24)26-15-16-27-30-31-28(34(27)32-26)23-9-5-17-29-19-23/h1-19,33H. The van der Waals surface area contributed by atoms with Crippen molar-refractivity contribution in [2.24, 2.45) is 0 Å². The molecule has 0 saturated heterocycles. The van der Waals surface area contributed by atoms with Gasteiger partial charge >= 0.3 is 0 Å². The van der Waals surface area contributed by atoms with Gasteiger partial charge in [-0.2, -0.15) is 9.61 Å². The number of aromatic nitrogens is 5. The molecule has 0 amide bonds. The van der Waals surface area contributed by atoms with Gasteiger partial charge in [0.25, 0.3) is 10.0 Å². The van der Waals surface area contributed by atoms with E-state index in [4.69, 9.17) is 5.10 Å². The Morgan fingerprint density at radius 1 is 0.676 bits per heavy atom. The van der Waals surface area contributed by atoms with Crippen molar-refractivity contribution in [3.8, 4) is 33.8 Å². The van der Waals surface area contributed by atoms with Crippen molar-refractivity contribution in [2.75, 3.05) is 4.72 Å². The summed E-state index contributed by atoms with van der Waals surface area (Å²) in [6, 6.07) is 31.1. The molecule has 1 N–H and O–H groups in total. The van der Waals surface area contributed by atoms with Gasteiger partial charge in [0.05, 0.1) is 10.6 Å². The second-order valence-electron chi connectivity index (χ2n) is 8.33. The topological polar surface area (TPSA) is 102 Å². The fourth-order valence-corrected chi connectivity index (χ4v) is 5.08. The monoisotopic (exact) mass is 504 g/mol. The first kappa shape index (κ1) is 22.6. The van der Waals surface area contributed by atoms with E-state index in [2.05, 4.69) is 19.9 Å². The number of fused-ring (bicyclic) bond motifs is 1. The highest BCUT2D eigenvalue weighted by atomic mass is 32.2. The molecule has 0 aliphatic carbocycles. The summed E-state index contributed by atoms with van der Waals surface area (Å²) in [5, 5.41) is 13.1. The van der Waals surface area contributed by atoms with Gasteiger partial charge < -0.3 is 0 Å². The number of nitrogens with zero attached hydrogens (tertiary/aromatic N) is 5. The molecular formula is C28H20N6O2S. The summed E-state index contributed by atoms with van der Waals surface area (Å²) in [6.07, 6.45) is 3.39. The van der Waals surface area contributed by atoms with E-state index in [1.54, 1.807) is 59.4 Å². The second kappa shape index (κ2) is 9.29. The zero-order chi connectivity index (χ0) is 25.2. The summed E-state index contributed by atoms with van der Waals surface area (Å²) in [4.78, 5) is 4.33. The molecule has 3 heterocycles. The van der Waals surface area contributed by atoms with E-state index in [0.717, 1.165) is 22.3 Å². The normalized spacial score (nSPS) is 11.5. The van der Waals surface area contributed by atoms with Gasteiger partial charge in [-0.25, -0.2) is 8.42 Å². The van der Waals surface area contributed by atoms with Crippen molar-refractivity contribution in [1.29, 1.82) is 0 Å². The fourth-order valence-electron chi connectivity index (χ4n) is 4.03. The van der Waals surface area contributed by atoms with Gasteiger partial charge in [-0.05, 0) is 59.7 Å². The Morgan fingerprint density at radius 3 is 2.22 bits per heavy atom. The highest BCUT2D eigenvalue weighted by Gasteiger charge is 2.16. The minimum Gasteiger partial charge on any atom is -0.280 e. The second-order valence-corrected chi connectivity index (χ2v) is 10.0. The SMILES string of the molecule is O=S(=O)(Nc1cccc(-c2ccc3nnc(-c4cccnc4)n3n2)c1)c1ccc(-c2ccccc2)cc1. The number of benzene rings is 3. The molecule has 0 aliphatic rings. The van der Waals surface area contributed by atoms with Gasteiger partial charge in [-0.15, -0.1) is 10.2 Å². The third-order valence-corrected chi connectivity index (χ3v) is 7.26. The maximum Gasteiger partial charge on any atom is 0.261 e. The van der Waals surface area contributed by atoms with Crippen LogP contribution in [0.4, 0.5) is 5.69 Å². The van der Waals surface area contributed by atoms with Crippen molar-refractivity contribution < 1.29 is 8.42 Å². The molecule has 3 aromatic carbocycles. The van der Waals surface area contributed by atoms with Crippen LogP contribution in [0.5, 0.6) is 0 Å². The van der Waals surface area contributed by atoms with Crippen LogP contribution in [0.15, 0.2) is 120 Å². The number of hydrogen-bond donors (Lipinski definition) is 1. The highest BCUT2D eigenvalue weighted by Crippen LogP contribution is 2.26. The Kier molecular flexibility index (Phi) is 5.66. The Balaban J connectivity index is 1.28. The van der Waals surface area contributed by atoms with E-state index in [0.29, 0.717) is 22.9 Å². The van der Waals surface area contributed by atoms with Crippen LogP contribution in [0.25, 0.3) is 39.4 Å². The van der Waals surface area contributed by atoms with E-state index < -0.39 is 10.0 Å². The molecule has 37 heavy (non-hydrogen) atoms. The first-order valence-electron chi connectivity index (χ1n) is 11.5. The summed E-state index contributed by atoms with van der Waals surface area (Å²) < 4.78 is 30.5. The molecular weight excluding hydrogens is 484 g/mol. The molecule has 6 rings (SSSR count). The van der Waals surface area contributed by atoms with Crippen LogP contribution < -0.4 is 4.72 Å². The number of nitrogens with one attached hydrogen (secondary N) is 1. The fraction of sp³-hybridized carbons (Fsp3) is 0. The van der Waals surface area contributed by atoms with Crippen molar-refractivity contribution in [3.63, 3.8) is 0 Å². The van der Waals surface area contributed by atoms with Gasteiger partial charge in [-0.1, -0.05) is 54.6 Å². The smallest absolute Gasteiger partial charge is 0.261 e. The van der Waals surface area contributed by atoms with Crippen molar-refractivity contribution in [1.82, 2.24) is 24.8 Å². The number of anilines is 1. The molecule has 0 saturated carbocycles. The van der Waals surface area contributed by atoms with Crippen LogP contribution in [0.1, 0.15) is 0 Å². The summed E-state index contributed by atoms with van der Waals surface area (Å²) in [5.74, 6) is 0.570. The molecule has 180 valence electrons. The van der Waals surface area contributed by atoms with Crippen LogP contribution >= 0.6 is 0 Å². The minimum absolute atomic E-state index is 0.183. The Bertz CT molecular complexity index is 1800. The Hall–Kier alpha value is -4.89. The third kappa shape index (κ3) is 4.55. The quantitative estimate of drug-likeness (QED) is 0.329. The number of rotatable bonds is 6. The van der Waals surface area contributed by atoms with Crippen molar-refractivity contribution >= 4 is 21.4 Å². The van der Waals surface area contributed by atoms with Gasteiger partial charge in [0.2, 0.25) is 0 Å². The maximum absolute atomic E-state index is 13.1. The Labute approximate surface area is 213 Å². The predicted octanol–water partition coefficient (Wildman–Crippen LogP) is 5.32. The van der Waals surface area contributed by atoms with Crippen LogP contribution in [0.2, 0.25) is 0 Å². The third-order valence-electron chi connectivity index (χ3n) is 5.86. The predicted molar refractivity (Wildman–Crippen MR) is 142 cm³/mol. The summed E-state index contributed by atoms with van der Waals surface area (Å²) in [6.45, 7) is 0. The molecule has 0 aliphatic heterocycles. The van der Waals surface area contributed by atoms with Gasteiger partial charge in [-0.3, -0.25) is 9.71 Å². The maximum atomic E-state index is 13.1. The number of hydrogen-bond acceptors (Lipinski definition) is 6. The lowest BCUT2D eigenvalue weighted by atomic mass is 10.1. The summed E-state index contributed by atoms with van der Waals surface area (Å²) in [7, 11) is -3.78. The molecule has 0 fully saturated rings. The lowest BCUT2D eigenvalue weighted by molar-refractivity contribution is 0.601. The van der Waals surface area contributed by atoms with Crippen LogP contribution in [-0.2, 0) is 10.0 Å². The first-order valence-corrected chi connectivity index (χ1v) is 13.0. The van der Waals surface area contributed by atoms with E-state index in [1.807, 2.05) is 60.7 Å². The summed E-state index contributed by atoms with van der Waals surface area (Å²) >= 11 is 0. The molecule has 0 radical (unpaired) electrons. The average molecular weight is 505 g/mol. The molecule has 9 heteroatoms. The van der Waals surface area contributed by atoms with Crippen LogP contribution in [-0.4, -0.2) is 33.2 Å². The Morgan fingerprint density at radius 2 is 1.43 bits per heavy atom. The summed E-state index contributed by atoms with van der Waals surface area (Å²) in [5.41, 5.74) is 5.18. The molecule has 0 atom stereocenters. The number of pyridine rings is 1. The largest absolute Gasteiger partial charge is 0.280 e. The first-order chi connectivity index (χ1) is 18.1. The molecule has 0 spiro atoms. The van der Waals surface area contributed by atoms with E-state index >= 15 is 0 Å². The van der Waals surface area contributed by atoms with E-state index in [9.17, 15) is 8.42 Å². The molecule has 6 aromatic rings. The van der Waals surface area contributed by atoms with Gasteiger partial charge in [0.1, 0.15) is 0 Å². The van der Waals surface area contributed by atoms with Crippen molar-refractivity contribution in [3.05, 3.63) is 116 Å². The average Bonchev–Trinajstić information content (AvgIpc) is 3.37. The minimum atomic E-state index is -3.78. The zero-order valence-corrected chi connectivity index (χ0v) is 20.2. The molecule has 3 aromatic heterocycles. The van der Waals surface area contributed by atoms with Gasteiger partial charge in [0, 0.05) is 29.2 Å². The highest BCUT2D eigenvalue weighted by molar-refractivity contribution is 7.92.